The monoisotopic (exact) mass is 431 g/mol. The van der Waals surface area contributed by atoms with Crippen LogP contribution in [-0.2, 0) is 26.0 Å². The Morgan fingerprint density at radius 2 is 1.71 bits per heavy atom. The molecule has 10 heteroatoms. The Morgan fingerprint density at radius 1 is 1.14 bits per heavy atom. The molecule has 0 fully saturated rings. The molecule has 0 unspecified atom stereocenters. The van der Waals surface area contributed by atoms with E-state index in [-0.39, 0.29) is 6.61 Å². The summed E-state index contributed by atoms with van der Waals surface area (Å²) < 4.78 is 58.6. The number of benzene rings is 2. The fourth-order valence-electron chi connectivity index (χ4n) is 2.26. The first-order chi connectivity index (χ1) is 13.0. The molecule has 0 spiro atoms. The Bertz CT molecular complexity index is 946. The van der Waals surface area contributed by atoms with Crippen molar-refractivity contribution < 1.29 is 31.5 Å². The summed E-state index contributed by atoms with van der Waals surface area (Å²) in [5.74, 6) is 0. The predicted molar refractivity (Wildman–Crippen MR) is 97.7 cm³/mol. The molecule has 2 aromatic carbocycles. The van der Waals surface area contributed by atoms with Crippen molar-refractivity contribution in [3.05, 3.63) is 65.7 Å². The first-order valence-electron chi connectivity index (χ1n) is 7.87. The van der Waals surface area contributed by atoms with Gasteiger partial charge in [-0.15, -0.1) is 0 Å². The van der Waals surface area contributed by atoms with Crippen LogP contribution in [0.1, 0.15) is 11.1 Å². The average molecular weight is 432 g/mol. The van der Waals surface area contributed by atoms with Crippen LogP contribution in [0.4, 0.5) is 13.6 Å². The van der Waals surface area contributed by atoms with Gasteiger partial charge in [0.1, 0.15) is 6.61 Å². The Balaban J connectivity index is 2.36. The molecule has 0 bridgehead atoms. The number of ether oxygens (including phenoxy) is 1. The number of aldehydes is 1. The van der Waals surface area contributed by atoms with Crippen LogP contribution in [0.2, 0.25) is 0 Å². The van der Waals surface area contributed by atoms with Gasteiger partial charge in [-0.2, -0.15) is 8.78 Å². The van der Waals surface area contributed by atoms with E-state index in [1.807, 2.05) is 0 Å². The standard InChI is InChI=1S/C18H16ClF2NO5S/c1-13-7-9-15(10-8-13)28(25,26)17(12-23,18(19,20)21)22-16(24)27-11-14-5-3-2-4-6-14/h2-10,12H,11H2,1H3,(H,22,24)/t17-/m1/s1. The Morgan fingerprint density at radius 3 is 2.21 bits per heavy atom. The number of aryl methyl sites for hydroxylation is 1. The molecule has 1 N–H and O–H groups in total. The number of sulfone groups is 1. The number of carbonyl (C=O) groups excluding carboxylic acids is 2. The third-order valence-corrected chi connectivity index (χ3v) is 6.45. The smallest absolute Gasteiger partial charge is 0.409 e. The molecule has 0 saturated heterocycles. The van der Waals surface area contributed by atoms with Gasteiger partial charge in [0.2, 0.25) is 9.84 Å². The van der Waals surface area contributed by atoms with Gasteiger partial charge < -0.3 is 4.74 Å². The van der Waals surface area contributed by atoms with Gasteiger partial charge in [0.15, 0.2) is 6.29 Å². The number of carbonyl (C=O) groups is 2. The lowest BCUT2D eigenvalue weighted by Gasteiger charge is -2.31. The summed E-state index contributed by atoms with van der Waals surface area (Å²) in [5.41, 5.74) is 1.18. The first-order valence-corrected chi connectivity index (χ1v) is 9.73. The molecule has 0 aromatic heterocycles. The van der Waals surface area contributed by atoms with E-state index >= 15 is 0 Å². The second-order valence-corrected chi connectivity index (χ2v) is 8.45. The van der Waals surface area contributed by atoms with Gasteiger partial charge in [0.05, 0.1) is 4.90 Å². The fourth-order valence-corrected chi connectivity index (χ4v) is 4.18. The van der Waals surface area contributed by atoms with Crippen molar-refractivity contribution in [1.82, 2.24) is 5.32 Å². The topological polar surface area (TPSA) is 89.5 Å². The fraction of sp³-hybridized carbons (Fsp3) is 0.222. The molecular formula is C18H16ClF2NO5S. The van der Waals surface area contributed by atoms with Crippen LogP contribution in [0.15, 0.2) is 59.5 Å². The number of alkyl halides is 3. The summed E-state index contributed by atoms with van der Waals surface area (Å²) in [6, 6.07) is 13.0. The summed E-state index contributed by atoms with van der Waals surface area (Å²) in [5, 5.41) is -3.22. The van der Waals surface area contributed by atoms with Crippen LogP contribution >= 0.6 is 11.6 Å². The van der Waals surface area contributed by atoms with Crippen molar-refractivity contribution in [2.75, 3.05) is 0 Å². The molecule has 0 heterocycles. The molecule has 2 rings (SSSR count). The van der Waals surface area contributed by atoms with E-state index in [2.05, 4.69) is 0 Å². The highest BCUT2D eigenvalue weighted by Gasteiger charge is 2.64. The lowest BCUT2D eigenvalue weighted by atomic mass is 10.2. The van der Waals surface area contributed by atoms with Gasteiger partial charge in [-0.1, -0.05) is 48.0 Å². The summed E-state index contributed by atoms with van der Waals surface area (Å²) in [6.45, 7) is 1.32. The van der Waals surface area contributed by atoms with Crippen LogP contribution in [0.3, 0.4) is 0 Å². The minimum absolute atomic E-state index is 0.333. The van der Waals surface area contributed by atoms with Crippen LogP contribution in [0, 0.1) is 6.92 Å². The largest absolute Gasteiger partial charge is 0.445 e. The number of amides is 1. The van der Waals surface area contributed by atoms with Gasteiger partial charge >= 0.3 is 11.5 Å². The number of nitrogens with one attached hydrogen (secondary N) is 1. The van der Waals surface area contributed by atoms with E-state index < -0.39 is 37.4 Å². The van der Waals surface area contributed by atoms with Crippen molar-refractivity contribution in [3.8, 4) is 0 Å². The molecule has 0 radical (unpaired) electrons. The number of halogens is 3. The summed E-state index contributed by atoms with van der Waals surface area (Å²) in [4.78, 5) is 19.2. The van der Waals surface area contributed by atoms with Crippen LogP contribution in [-0.4, -0.2) is 31.0 Å². The Hall–Kier alpha value is -2.52. The zero-order chi connectivity index (χ0) is 21.0. The van der Waals surface area contributed by atoms with Crippen molar-refractivity contribution in [3.63, 3.8) is 0 Å². The molecule has 0 aliphatic carbocycles. The maximum absolute atomic E-state index is 14.1. The third kappa shape index (κ3) is 4.31. The van der Waals surface area contributed by atoms with Crippen LogP contribution in [0.5, 0.6) is 0 Å². The maximum atomic E-state index is 14.1. The van der Waals surface area contributed by atoms with Crippen molar-refractivity contribution >= 4 is 33.8 Å². The van der Waals surface area contributed by atoms with Gasteiger partial charge in [0, 0.05) is 0 Å². The molecule has 0 aliphatic rings. The van der Waals surface area contributed by atoms with Crippen LogP contribution in [0.25, 0.3) is 0 Å². The molecular weight excluding hydrogens is 416 g/mol. The molecule has 2 aromatic rings. The summed E-state index contributed by atoms with van der Waals surface area (Å²) >= 11 is 4.97. The molecule has 1 atom stereocenters. The molecule has 0 saturated carbocycles. The number of hydrogen-bond donors (Lipinski definition) is 1. The Labute approximate surface area is 165 Å². The van der Waals surface area contributed by atoms with Crippen molar-refractivity contribution in [2.45, 2.75) is 28.7 Å². The molecule has 1 amide bonds. The summed E-state index contributed by atoms with van der Waals surface area (Å²) in [6.07, 6.45) is -2.16. The maximum Gasteiger partial charge on any atom is 0.409 e. The molecule has 6 nitrogen and oxygen atoms in total. The van der Waals surface area contributed by atoms with E-state index in [1.165, 1.54) is 17.4 Å². The third-order valence-electron chi connectivity index (χ3n) is 3.84. The lowest BCUT2D eigenvalue weighted by Crippen LogP contribution is -2.64. The predicted octanol–water partition coefficient (Wildman–Crippen LogP) is 3.42. The van der Waals surface area contributed by atoms with Gasteiger partial charge in [-0.25, -0.2) is 13.2 Å². The van der Waals surface area contributed by atoms with E-state index in [0.29, 0.717) is 11.1 Å². The van der Waals surface area contributed by atoms with Gasteiger partial charge in [-0.05, 0) is 36.2 Å². The van der Waals surface area contributed by atoms with E-state index in [0.717, 1.165) is 12.1 Å². The number of rotatable bonds is 7. The molecule has 28 heavy (non-hydrogen) atoms. The number of alkyl carbamates (subject to hydrolysis) is 1. The minimum atomic E-state index is -5.13. The zero-order valence-corrected chi connectivity index (χ0v) is 16.1. The van der Waals surface area contributed by atoms with E-state index in [4.69, 9.17) is 16.3 Å². The summed E-state index contributed by atoms with van der Waals surface area (Å²) in [7, 11) is -5.13. The normalized spacial score (nSPS) is 14.0. The van der Waals surface area contributed by atoms with Crippen molar-refractivity contribution in [1.29, 1.82) is 0 Å². The van der Waals surface area contributed by atoms with Gasteiger partial charge in [0.25, 0.3) is 4.87 Å². The zero-order valence-electron chi connectivity index (χ0n) is 14.6. The second kappa shape index (κ2) is 8.24. The van der Waals surface area contributed by atoms with E-state index in [1.54, 1.807) is 37.3 Å². The van der Waals surface area contributed by atoms with Crippen LogP contribution < -0.4 is 5.32 Å². The van der Waals surface area contributed by atoms with Gasteiger partial charge in [-0.3, -0.25) is 10.1 Å². The minimum Gasteiger partial charge on any atom is -0.445 e. The molecule has 150 valence electrons. The Kier molecular flexibility index (Phi) is 6.41. The second-order valence-electron chi connectivity index (χ2n) is 5.85. The molecule has 0 aliphatic heterocycles. The highest BCUT2D eigenvalue weighted by molar-refractivity contribution is 7.93. The van der Waals surface area contributed by atoms with E-state index in [9.17, 15) is 26.8 Å². The number of hydrogen-bond acceptors (Lipinski definition) is 5. The first kappa shape index (κ1) is 21.8. The lowest BCUT2D eigenvalue weighted by molar-refractivity contribution is -0.116. The SMILES string of the molecule is Cc1ccc(S(=O)(=O)[C@@](C=O)(NC(=O)OCc2ccccc2)C(F)(F)Cl)cc1. The van der Waals surface area contributed by atoms with Crippen molar-refractivity contribution in [2.24, 2.45) is 0 Å². The highest BCUT2D eigenvalue weighted by Crippen LogP contribution is 2.39. The average Bonchev–Trinajstić information content (AvgIpc) is 2.64. The quantitative estimate of drug-likeness (QED) is 0.536. The highest BCUT2D eigenvalue weighted by atomic mass is 35.5.